The van der Waals surface area contributed by atoms with Crippen LogP contribution in [-0.4, -0.2) is 41.9 Å². The number of aryl methyl sites for hydroxylation is 1. The molecule has 0 atom stereocenters. The van der Waals surface area contributed by atoms with Gasteiger partial charge in [-0.1, -0.05) is 17.4 Å². The molecule has 4 rings (SSSR count). The summed E-state index contributed by atoms with van der Waals surface area (Å²) in [6.45, 7) is 1.68. The minimum atomic E-state index is -0.981. The summed E-state index contributed by atoms with van der Waals surface area (Å²) in [5, 5.41) is 26.9. The van der Waals surface area contributed by atoms with Crippen molar-refractivity contribution >= 4 is 50.8 Å². The summed E-state index contributed by atoms with van der Waals surface area (Å²) in [5.41, 5.74) is 2.46. The fraction of sp³-hybridized carbons (Fsp3) is 0.118. The Morgan fingerprint density at radius 2 is 2.14 bits per heavy atom. The number of nitrogens with zero attached hydrogens (tertiary/aromatic N) is 4. The number of thiazole rings is 1. The zero-order chi connectivity index (χ0) is 19.7. The number of H-pyrrole nitrogens is 1. The van der Waals surface area contributed by atoms with Crippen LogP contribution in [0.15, 0.2) is 36.8 Å². The molecule has 0 fully saturated rings. The maximum atomic E-state index is 12.6. The van der Waals surface area contributed by atoms with Gasteiger partial charge in [0.1, 0.15) is 11.4 Å². The molecular formula is C17H15N7O3S. The van der Waals surface area contributed by atoms with Crippen LogP contribution in [0.4, 0.5) is 16.6 Å². The molecule has 3 aromatic heterocycles. The number of nitrogens with one attached hydrogen (secondary N) is 3. The number of rotatable bonds is 6. The second kappa shape index (κ2) is 7.12. The fourth-order valence-electron chi connectivity index (χ4n) is 2.67. The van der Waals surface area contributed by atoms with Gasteiger partial charge in [0.05, 0.1) is 23.6 Å². The molecule has 1 amide bonds. The van der Waals surface area contributed by atoms with Crippen molar-refractivity contribution < 1.29 is 14.7 Å². The molecule has 10 nitrogen and oxygen atoms in total. The Morgan fingerprint density at radius 1 is 1.29 bits per heavy atom. The summed E-state index contributed by atoms with van der Waals surface area (Å²) in [5.74, 6) is -0.814. The zero-order valence-corrected chi connectivity index (χ0v) is 15.4. The molecule has 0 saturated heterocycles. The van der Waals surface area contributed by atoms with Gasteiger partial charge in [-0.3, -0.25) is 19.4 Å². The number of hydrogen-bond acceptors (Lipinski definition) is 7. The topological polar surface area (TPSA) is 138 Å². The lowest BCUT2D eigenvalue weighted by atomic mass is 10.1. The molecule has 4 N–H and O–H groups in total. The summed E-state index contributed by atoms with van der Waals surface area (Å²) in [7, 11) is 0. The van der Waals surface area contributed by atoms with Crippen LogP contribution < -0.4 is 10.6 Å². The molecular weight excluding hydrogens is 382 g/mol. The van der Waals surface area contributed by atoms with Crippen LogP contribution >= 0.6 is 11.3 Å². The van der Waals surface area contributed by atoms with E-state index in [0.29, 0.717) is 21.5 Å². The molecule has 0 aliphatic rings. The van der Waals surface area contributed by atoms with E-state index in [-0.39, 0.29) is 12.5 Å². The first-order valence-corrected chi connectivity index (χ1v) is 9.03. The minimum absolute atomic E-state index is 0.230. The number of carbonyl (C=O) groups is 2. The molecule has 142 valence electrons. The number of hydrogen-bond donors (Lipinski definition) is 4. The van der Waals surface area contributed by atoms with Gasteiger partial charge in [-0.25, -0.2) is 4.98 Å². The van der Waals surface area contributed by atoms with E-state index in [9.17, 15) is 9.59 Å². The van der Waals surface area contributed by atoms with Crippen LogP contribution in [-0.2, 0) is 11.3 Å². The van der Waals surface area contributed by atoms with E-state index < -0.39 is 5.97 Å². The summed E-state index contributed by atoms with van der Waals surface area (Å²) >= 11 is 1.17. The number of aromatic amines is 1. The SMILES string of the molecule is Cc1ccc2[nH]ncc2c1NC(=O)c1cnc(Nc2ccn(CC(=O)O)n2)s1. The predicted octanol–water partition coefficient (Wildman–Crippen LogP) is 2.60. The van der Waals surface area contributed by atoms with Crippen molar-refractivity contribution in [3.8, 4) is 0 Å². The van der Waals surface area contributed by atoms with Gasteiger partial charge in [0.2, 0.25) is 0 Å². The number of aromatic nitrogens is 5. The van der Waals surface area contributed by atoms with Gasteiger partial charge in [-0.15, -0.1) is 0 Å². The van der Waals surface area contributed by atoms with Crippen LogP contribution in [0.3, 0.4) is 0 Å². The maximum Gasteiger partial charge on any atom is 0.325 e. The largest absolute Gasteiger partial charge is 0.480 e. The number of anilines is 3. The fourth-order valence-corrected chi connectivity index (χ4v) is 3.39. The predicted molar refractivity (Wildman–Crippen MR) is 104 cm³/mol. The lowest BCUT2D eigenvalue weighted by molar-refractivity contribution is -0.137. The van der Waals surface area contributed by atoms with E-state index in [2.05, 4.69) is 30.9 Å². The van der Waals surface area contributed by atoms with Crippen LogP contribution in [0.5, 0.6) is 0 Å². The maximum absolute atomic E-state index is 12.6. The molecule has 0 aliphatic carbocycles. The van der Waals surface area contributed by atoms with Gasteiger partial charge in [0.15, 0.2) is 10.9 Å². The van der Waals surface area contributed by atoms with Crippen molar-refractivity contribution in [2.75, 3.05) is 10.6 Å². The highest BCUT2D eigenvalue weighted by atomic mass is 32.1. The summed E-state index contributed by atoms with van der Waals surface area (Å²) in [6.07, 6.45) is 4.69. The average molecular weight is 397 g/mol. The number of carboxylic acid groups (broad SMARTS) is 1. The first-order chi connectivity index (χ1) is 13.5. The van der Waals surface area contributed by atoms with E-state index >= 15 is 0 Å². The quantitative estimate of drug-likeness (QED) is 0.392. The van der Waals surface area contributed by atoms with Gasteiger partial charge < -0.3 is 15.7 Å². The number of carboxylic acids is 1. The van der Waals surface area contributed by atoms with Crippen LogP contribution in [0.1, 0.15) is 15.2 Å². The Labute approximate surface area is 162 Å². The van der Waals surface area contributed by atoms with Gasteiger partial charge in [-0.2, -0.15) is 10.2 Å². The van der Waals surface area contributed by atoms with Crippen LogP contribution in [0, 0.1) is 6.92 Å². The smallest absolute Gasteiger partial charge is 0.325 e. The molecule has 0 aliphatic heterocycles. The number of benzene rings is 1. The highest BCUT2D eigenvalue weighted by Gasteiger charge is 2.15. The standard InChI is InChI=1S/C17H15N7O3S/c1-9-2-3-11-10(6-19-22-11)15(9)21-16(27)12-7-18-17(28-12)20-13-4-5-24(23-13)8-14(25)26/h2-7H,8H2,1H3,(H,19,22)(H,21,27)(H,25,26)(H,18,20,23). The van der Waals surface area contributed by atoms with Crippen LogP contribution in [0.25, 0.3) is 10.9 Å². The van der Waals surface area contributed by atoms with Gasteiger partial charge >= 0.3 is 5.97 Å². The Morgan fingerprint density at radius 3 is 2.96 bits per heavy atom. The lowest BCUT2D eigenvalue weighted by Crippen LogP contribution is -2.11. The molecule has 11 heteroatoms. The molecule has 0 unspecified atom stereocenters. The van der Waals surface area contributed by atoms with Crippen molar-refractivity contribution in [2.45, 2.75) is 13.5 Å². The van der Waals surface area contributed by atoms with Crippen molar-refractivity contribution in [1.29, 1.82) is 0 Å². The second-order valence-corrected chi connectivity index (χ2v) is 7.02. The molecule has 0 spiro atoms. The van der Waals surface area contributed by atoms with Gasteiger partial charge in [0, 0.05) is 17.6 Å². The Kier molecular flexibility index (Phi) is 4.49. The monoisotopic (exact) mass is 397 g/mol. The molecule has 0 bridgehead atoms. The number of carbonyl (C=O) groups excluding carboxylic acids is 1. The van der Waals surface area contributed by atoms with E-state index in [1.807, 2.05) is 19.1 Å². The summed E-state index contributed by atoms with van der Waals surface area (Å²) in [4.78, 5) is 28.0. The third kappa shape index (κ3) is 3.55. The normalized spacial score (nSPS) is 10.9. The molecule has 4 aromatic rings. The Bertz CT molecular complexity index is 1180. The van der Waals surface area contributed by atoms with Gasteiger partial charge in [0.25, 0.3) is 5.91 Å². The highest BCUT2D eigenvalue weighted by Crippen LogP contribution is 2.28. The van der Waals surface area contributed by atoms with E-state index in [0.717, 1.165) is 16.5 Å². The third-order valence-electron chi connectivity index (χ3n) is 3.97. The van der Waals surface area contributed by atoms with Crippen molar-refractivity contribution in [3.05, 3.63) is 47.2 Å². The van der Waals surface area contributed by atoms with Crippen molar-refractivity contribution in [1.82, 2.24) is 25.0 Å². The van der Waals surface area contributed by atoms with Crippen molar-refractivity contribution in [3.63, 3.8) is 0 Å². The Balaban J connectivity index is 1.48. The van der Waals surface area contributed by atoms with Crippen LogP contribution in [0.2, 0.25) is 0 Å². The molecule has 3 heterocycles. The highest BCUT2D eigenvalue weighted by molar-refractivity contribution is 7.17. The summed E-state index contributed by atoms with van der Waals surface area (Å²) < 4.78 is 1.29. The lowest BCUT2D eigenvalue weighted by Gasteiger charge is -2.08. The third-order valence-corrected chi connectivity index (χ3v) is 4.88. The first kappa shape index (κ1) is 17.7. The van der Waals surface area contributed by atoms with Gasteiger partial charge in [-0.05, 0) is 18.6 Å². The number of amides is 1. The molecule has 1 aromatic carbocycles. The summed E-state index contributed by atoms with van der Waals surface area (Å²) in [6, 6.07) is 5.45. The van der Waals surface area contributed by atoms with E-state index in [4.69, 9.17) is 5.11 Å². The average Bonchev–Trinajstić information content (AvgIpc) is 3.38. The Hall–Kier alpha value is -3.73. The minimum Gasteiger partial charge on any atom is -0.480 e. The number of aliphatic carboxylic acids is 1. The number of fused-ring (bicyclic) bond motifs is 1. The first-order valence-electron chi connectivity index (χ1n) is 8.22. The molecule has 28 heavy (non-hydrogen) atoms. The molecule has 0 radical (unpaired) electrons. The molecule has 0 saturated carbocycles. The van der Waals surface area contributed by atoms with E-state index in [1.54, 1.807) is 18.5 Å². The second-order valence-electron chi connectivity index (χ2n) is 5.99. The van der Waals surface area contributed by atoms with Crippen molar-refractivity contribution in [2.24, 2.45) is 0 Å². The van der Waals surface area contributed by atoms with E-state index in [1.165, 1.54) is 22.2 Å². The zero-order valence-electron chi connectivity index (χ0n) is 14.6.